The average Bonchev–Trinajstić information content (AvgIpc) is 2.83. The molecule has 1 unspecified atom stereocenters. The summed E-state index contributed by atoms with van der Waals surface area (Å²) < 4.78 is 12.9. The van der Waals surface area contributed by atoms with E-state index in [1.54, 1.807) is 0 Å². The average molecular weight is 338 g/mol. The van der Waals surface area contributed by atoms with E-state index < -0.39 is 0 Å². The molecule has 1 saturated carbocycles. The van der Waals surface area contributed by atoms with E-state index in [1.165, 1.54) is 32.1 Å². The molecule has 0 bridgehead atoms. The summed E-state index contributed by atoms with van der Waals surface area (Å²) in [6, 6.07) is 0. The summed E-state index contributed by atoms with van der Waals surface area (Å²) in [7, 11) is 0. The minimum absolute atomic E-state index is 0.171. The van der Waals surface area contributed by atoms with Crippen LogP contribution in [0.15, 0.2) is 0 Å². The van der Waals surface area contributed by atoms with Gasteiger partial charge in [0.05, 0.1) is 18.3 Å². The van der Waals surface area contributed by atoms with Crippen molar-refractivity contribution in [1.82, 2.24) is 0 Å². The van der Waals surface area contributed by atoms with Crippen molar-refractivity contribution in [3.8, 4) is 0 Å². The highest BCUT2D eigenvalue weighted by molar-refractivity contribution is 14.1. The van der Waals surface area contributed by atoms with Crippen LogP contribution in [-0.2, 0) is 9.47 Å². The van der Waals surface area contributed by atoms with Crippen LogP contribution < -0.4 is 0 Å². The number of halogens is 1. The fourth-order valence-corrected chi connectivity index (χ4v) is 3.80. The largest absolute Gasteiger partial charge is 0.379 e. The van der Waals surface area contributed by atoms with Crippen LogP contribution in [0.2, 0.25) is 0 Å². The molecule has 0 aromatic carbocycles. The number of hydrogen-bond donors (Lipinski definition) is 0. The van der Waals surface area contributed by atoms with Crippen LogP contribution in [0.4, 0.5) is 0 Å². The lowest BCUT2D eigenvalue weighted by Gasteiger charge is -2.40. The highest BCUT2D eigenvalue weighted by Gasteiger charge is 2.37. The lowest BCUT2D eigenvalue weighted by molar-refractivity contribution is -0.103. The van der Waals surface area contributed by atoms with Crippen molar-refractivity contribution in [1.29, 1.82) is 0 Å². The van der Waals surface area contributed by atoms with Crippen molar-refractivity contribution >= 4 is 22.6 Å². The second-order valence-corrected chi connectivity index (χ2v) is 6.03. The summed E-state index contributed by atoms with van der Waals surface area (Å²) in [6.45, 7) is 4.02. The highest BCUT2D eigenvalue weighted by atomic mass is 127. The number of hydrogen-bond acceptors (Lipinski definition) is 2. The smallest absolute Gasteiger partial charge is 0.0838 e. The van der Waals surface area contributed by atoms with Crippen LogP contribution in [0.1, 0.15) is 45.4 Å². The Bertz CT molecular complexity index is 206. The summed E-state index contributed by atoms with van der Waals surface area (Å²) in [5, 5.41) is 0. The first kappa shape index (κ1) is 13.1. The Kier molecular flexibility index (Phi) is 4.91. The van der Waals surface area contributed by atoms with Gasteiger partial charge in [0.15, 0.2) is 0 Å². The molecule has 0 N–H and O–H groups in total. The molecule has 1 aliphatic heterocycles. The van der Waals surface area contributed by atoms with Crippen molar-refractivity contribution in [3.05, 3.63) is 0 Å². The van der Waals surface area contributed by atoms with Gasteiger partial charge in [-0.05, 0) is 38.0 Å². The zero-order chi connectivity index (χ0) is 11.4. The van der Waals surface area contributed by atoms with E-state index in [0.717, 1.165) is 30.0 Å². The van der Waals surface area contributed by atoms with Gasteiger partial charge in [-0.2, -0.15) is 0 Å². The molecule has 2 fully saturated rings. The quantitative estimate of drug-likeness (QED) is 0.576. The Balaban J connectivity index is 1.87. The van der Waals surface area contributed by atoms with E-state index in [9.17, 15) is 0 Å². The predicted octanol–water partition coefficient (Wildman–Crippen LogP) is 3.57. The Hall–Kier alpha value is 0.650. The van der Waals surface area contributed by atoms with Gasteiger partial charge in [0.1, 0.15) is 0 Å². The Morgan fingerprint density at radius 3 is 2.56 bits per heavy atom. The Morgan fingerprint density at radius 2 is 2.06 bits per heavy atom. The lowest BCUT2D eigenvalue weighted by Crippen LogP contribution is -2.42. The lowest BCUT2D eigenvalue weighted by atomic mass is 9.78. The van der Waals surface area contributed by atoms with E-state index in [-0.39, 0.29) is 5.60 Å². The maximum absolute atomic E-state index is 6.35. The van der Waals surface area contributed by atoms with Gasteiger partial charge in [0.2, 0.25) is 0 Å². The maximum Gasteiger partial charge on any atom is 0.0838 e. The van der Waals surface area contributed by atoms with E-state index in [0.29, 0.717) is 6.10 Å². The summed E-state index contributed by atoms with van der Waals surface area (Å²) >= 11 is 2.50. The predicted molar refractivity (Wildman–Crippen MR) is 74.2 cm³/mol. The van der Waals surface area contributed by atoms with Gasteiger partial charge in [0.25, 0.3) is 0 Å². The van der Waals surface area contributed by atoms with Gasteiger partial charge >= 0.3 is 0 Å². The minimum Gasteiger partial charge on any atom is -0.379 e. The van der Waals surface area contributed by atoms with E-state index in [1.807, 2.05) is 0 Å². The van der Waals surface area contributed by atoms with Crippen molar-refractivity contribution in [2.75, 3.05) is 17.6 Å². The second-order valence-electron chi connectivity index (χ2n) is 5.27. The van der Waals surface area contributed by atoms with Crippen molar-refractivity contribution in [2.45, 2.75) is 57.2 Å². The van der Waals surface area contributed by atoms with Crippen molar-refractivity contribution < 1.29 is 9.47 Å². The molecule has 0 amide bonds. The van der Waals surface area contributed by atoms with Gasteiger partial charge in [-0.15, -0.1) is 0 Å². The highest BCUT2D eigenvalue weighted by Crippen LogP contribution is 2.39. The molecule has 3 heteroatoms. The van der Waals surface area contributed by atoms with E-state index in [2.05, 4.69) is 29.5 Å². The van der Waals surface area contributed by atoms with Gasteiger partial charge in [-0.3, -0.25) is 0 Å². The molecule has 0 spiro atoms. The molecule has 94 valence electrons. The summed E-state index contributed by atoms with van der Waals surface area (Å²) in [5.41, 5.74) is 0.171. The molecule has 1 atom stereocenters. The molecule has 1 saturated heterocycles. The van der Waals surface area contributed by atoms with Gasteiger partial charge in [0, 0.05) is 11.0 Å². The number of ether oxygens (including phenoxy) is 2. The van der Waals surface area contributed by atoms with E-state index in [4.69, 9.17) is 9.47 Å². The van der Waals surface area contributed by atoms with Gasteiger partial charge < -0.3 is 9.47 Å². The van der Waals surface area contributed by atoms with Crippen LogP contribution in [-0.4, -0.2) is 29.3 Å². The molecular formula is C13H23IO2. The van der Waals surface area contributed by atoms with Crippen LogP contribution in [0.3, 0.4) is 0 Å². The first-order valence-corrected chi connectivity index (χ1v) is 8.12. The molecule has 0 aromatic rings. The minimum atomic E-state index is 0.171. The SMILES string of the molecule is CCC1CCC(CI)(OC2CCOC2)CC1. The Labute approximate surface area is 113 Å². The molecule has 1 aliphatic carbocycles. The molecule has 0 aromatic heterocycles. The normalized spacial score (nSPS) is 40.1. The van der Waals surface area contributed by atoms with Crippen LogP contribution in [0.5, 0.6) is 0 Å². The van der Waals surface area contributed by atoms with Crippen molar-refractivity contribution in [3.63, 3.8) is 0 Å². The fraction of sp³-hybridized carbons (Fsp3) is 1.00. The third kappa shape index (κ3) is 3.10. The van der Waals surface area contributed by atoms with Gasteiger partial charge in [-0.1, -0.05) is 35.9 Å². The third-order valence-corrected chi connectivity index (χ3v) is 5.53. The Morgan fingerprint density at radius 1 is 1.31 bits per heavy atom. The summed E-state index contributed by atoms with van der Waals surface area (Å²) in [5.74, 6) is 0.944. The third-order valence-electron chi connectivity index (χ3n) is 4.14. The van der Waals surface area contributed by atoms with Crippen LogP contribution in [0.25, 0.3) is 0 Å². The zero-order valence-electron chi connectivity index (χ0n) is 10.2. The molecule has 2 nitrogen and oxygen atoms in total. The molecular weight excluding hydrogens is 315 g/mol. The summed E-state index contributed by atoms with van der Waals surface area (Å²) in [6.07, 6.45) is 8.02. The van der Waals surface area contributed by atoms with E-state index >= 15 is 0 Å². The molecule has 0 radical (unpaired) electrons. The van der Waals surface area contributed by atoms with Crippen molar-refractivity contribution in [2.24, 2.45) is 5.92 Å². The van der Waals surface area contributed by atoms with Gasteiger partial charge in [-0.25, -0.2) is 0 Å². The number of rotatable bonds is 4. The zero-order valence-corrected chi connectivity index (χ0v) is 12.4. The first-order chi connectivity index (χ1) is 7.78. The van der Waals surface area contributed by atoms with Crippen LogP contribution in [0, 0.1) is 5.92 Å². The van der Waals surface area contributed by atoms with Crippen LogP contribution >= 0.6 is 22.6 Å². The molecule has 1 heterocycles. The fourth-order valence-electron chi connectivity index (χ4n) is 2.85. The maximum atomic E-state index is 6.35. The first-order valence-electron chi connectivity index (χ1n) is 6.59. The standard InChI is InChI=1S/C13H23IO2/c1-2-11-3-6-13(10-14,7-4-11)16-12-5-8-15-9-12/h11-12H,2-10H2,1H3. The molecule has 2 aliphatic rings. The second kappa shape index (κ2) is 6.01. The topological polar surface area (TPSA) is 18.5 Å². The molecule has 16 heavy (non-hydrogen) atoms. The summed E-state index contributed by atoms with van der Waals surface area (Å²) in [4.78, 5) is 0. The molecule has 2 rings (SSSR count). The monoisotopic (exact) mass is 338 g/mol. The number of alkyl halides is 1.